The second kappa shape index (κ2) is 6.46. The van der Waals surface area contributed by atoms with Crippen LogP contribution in [0.1, 0.15) is 66.7 Å². The predicted molar refractivity (Wildman–Crippen MR) is 83.3 cm³/mol. The molecule has 0 aromatic carbocycles. The summed E-state index contributed by atoms with van der Waals surface area (Å²) < 4.78 is 0. The van der Waals surface area contributed by atoms with Crippen molar-refractivity contribution in [3.8, 4) is 0 Å². The molecule has 0 spiro atoms. The standard InChI is InChI=1S/C17H32N2O/c1-6-8-14-17(20)19(16(18-14)11(2)3)15-10-7-9-12(4)13(15)5/h11-16,18H,6-10H2,1-5H3. The van der Waals surface area contributed by atoms with Crippen molar-refractivity contribution >= 4 is 5.91 Å². The maximum absolute atomic E-state index is 12.8. The zero-order chi connectivity index (χ0) is 14.9. The van der Waals surface area contributed by atoms with Crippen molar-refractivity contribution in [2.75, 3.05) is 0 Å². The minimum Gasteiger partial charge on any atom is -0.322 e. The van der Waals surface area contributed by atoms with Crippen LogP contribution in [-0.2, 0) is 4.79 Å². The molecule has 2 fully saturated rings. The largest absolute Gasteiger partial charge is 0.322 e. The first-order valence-corrected chi connectivity index (χ1v) is 8.55. The number of carbonyl (C=O) groups is 1. The maximum atomic E-state index is 12.8. The highest BCUT2D eigenvalue weighted by Gasteiger charge is 2.45. The van der Waals surface area contributed by atoms with Gasteiger partial charge in [-0.15, -0.1) is 0 Å². The smallest absolute Gasteiger partial charge is 0.241 e. The summed E-state index contributed by atoms with van der Waals surface area (Å²) in [6.45, 7) is 11.3. The summed E-state index contributed by atoms with van der Waals surface area (Å²) in [5, 5.41) is 3.60. The molecule has 20 heavy (non-hydrogen) atoms. The first-order chi connectivity index (χ1) is 9.47. The molecule has 1 saturated carbocycles. The molecule has 3 heteroatoms. The Morgan fingerprint density at radius 2 is 2.00 bits per heavy atom. The molecule has 0 aromatic heterocycles. The minimum atomic E-state index is 0.0526. The molecule has 1 saturated heterocycles. The molecular weight excluding hydrogens is 248 g/mol. The Bertz CT molecular complexity index is 342. The summed E-state index contributed by atoms with van der Waals surface area (Å²) in [4.78, 5) is 15.1. The van der Waals surface area contributed by atoms with Crippen LogP contribution in [0, 0.1) is 17.8 Å². The number of hydrogen-bond acceptors (Lipinski definition) is 2. The molecule has 0 radical (unpaired) electrons. The number of nitrogens with zero attached hydrogens (tertiary/aromatic N) is 1. The first-order valence-electron chi connectivity index (χ1n) is 8.55. The Morgan fingerprint density at radius 3 is 2.60 bits per heavy atom. The molecule has 0 aromatic rings. The van der Waals surface area contributed by atoms with Gasteiger partial charge in [-0.25, -0.2) is 0 Å². The first kappa shape index (κ1) is 15.8. The van der Waals surface area contributed by atoms with Gasteiger partial charge in [0.2, 0.25) is 5.91 Å². The molecule has 5 atom stereocenters. The third-order valence-corrected chi connectivity index (χ3v) is 5.45. The Kier molecular flexibility index (Phi) is 5.11. The van der Waals surface area contributed by atoms with Crippen LogP contribution in [0.15, 0.2) is 0 Å². The van der Waals surface area contributed by atoms with Gasteiger partial charge in [0.15, 0.2) is 0 Å². The van der Waals surface area contributed by atoms with Gasteiger partial charge in [-0.1, -0.05) is 53.9 Å². The molecule has 2 aliphatic rings. The van der Waals surface area contributed by atoms with Crippen LogP contribution in [0.2, 0.25) is 0 Å². The van der Waals surface area contributed by atoms with Gasteiger partial charge in [0.25, 0.3) is 0 Å². The van der Waals surface area contributed by atoms with Gasteiger partial charge in [-0.05, 0) is 30.6 Å². The molecule has 116 valence electrons. The second-order valence-corrected chi connectivity index (χ2v) is 7.28. The normalized spacial score (nSPS) is 38.8. The predicted octanol–water partition coefficient (Wildman–Crippen LogP) is 3.39. The molecule has 5 unspecified atom stereocenters. The topological polar surface area (TPSA) is 32.3 Å². The lowest BCUT2D eigenvalue weighted by atomic mass is 9.77. The molecule has 1 N–H and O–H groups in total. The van der Waals surface area contributed by atoms with Crippen LogP contribution in [-0.4, -0.2) is 29.1 Å². The van der Waals surface area contributed by atoms with Gasteiger partial charge in [-0.3, -0.25) is 10.1 Å². The third kappa shape index (κ3) is 2.88. The number of rotatable bonds is 4. The van der Waals surface area contributed by atoms with E-state index in [-0.39, 0.29) is 12.2 Å². The average Bonchev–Trinajstić information content (AvgIpc) is 2.71. The van der Waals surface area contributed by atoms with Gasteiger partial charge in [0.1, 0.15) is 0 Å². The van der Waals surface area contributed by atoms with Crippen LogP contribution < -0.4 is 5.32 Å². The van der Waals surface area contributed by atoms with Crippen molar-refractivity contribution in [3.63, 3.8) is 0 Å². The summed E-state index contributed by atoms with van der Waals surface area (Å²) >= 11 is 0. The average molecular weight is 280 g/mol. The SMILES string of the molecule is CCCC1NC(C(C)C)N(C2CCCC(C)C2C)C1=O. The van der Waals surface area contributed by atoms with E-state index in [0.29, 0.717) is 23.8 Å². The molecule has 1 aliphatic heterocycles. The monoisotopic (exact) mass is 280 g/mol. The molecule has 1 amide bonds. The fraction of sp³-hybridized carbons (Fsp3) is 0.941. The molecule has 1 heterocycles. The molecule has 0 bridgehead atoms. The van der Waals surface area contributed by atoms with E-state index in [1.165, 1.54) is 19.3 Å². The fourth-order valence-corrected chi connectivity index (χ4v) is 4.00. The molecular formula is C17H32N2O. The number of amides is 1. The lowest BCUT2D eigenvalue weighted by Gasteiger charge is -2.43. The quantitative estimate of drug-likeness (QED) is 0.856. The molecule has 2 rings (SSSR count). The molecule has 1 aliphatic carbocycles. The summed E-state index contributed by atoms with van der Waals surface area (Å²) in [5.74, 6) is 2.19. The summed E-state index contributed by atoms with van der Waals surface area (Å²) in [5.41, 5.74) is 0. The van der Waals surface area contributed by atoms with Crippen LogP contribution in [0.4, 0.5) is 0 Å². The van der Waals surface area contributed by atoms with Gasteiger partial charge in [0, 0.05) is 6.04 Å². The maximum Gasteiger partial charge on any atom is 0.241 e. The number of hydrogen-bond donors (Lipinski definition) is 1. The highest BCUT2D eigenvalue weighted by atomic mass is 16.2. The van der Waals surface area contributed by atoms with Gasteiger partial charge in [0.05, 0.1) is 12.2 Å². The zero-order valence-electron chi connectivity index (χ0n) is 13.9. The zero-order valence-corrected chi connectivity index (χ0v) is 13.9. The Labute approximate surface area is 124 Å². The van der Waals surface area contributed by atoms with Crippen molar-refractivity contribution in [1.82, 2.24) is 10.2 Å². The lowest BCUT2D eigenvalue weighted by Crippen LogP contribution is -2.52. The van der Waals surface area contributed by atoms with E-state index in [1.807, 2.05) is 0 Å². The summed E-state index contributed by atoms with van der Waals surface area (Å²) in [6.07, 6.45) is 6.03. The van der Waals surface area contributed by atoms with E-state index in [2.05, 4.69) is 44.8 Å². The number of nitrogens with one attached hydrogen (secondary N) is 1. The van der Waals surface area contributed by atoms with E-state index in [1.54, 1.807) is 0 Å². The van der Waals surface area contributed by atoms with Crippen molar-refractivity contribution in [2.45, 2.75) is 85.0 Å². The van der Waals surface area contributed by atoms with Crippen LogP contribution in [0.5, 0.6) is 0 Å². The van der Waals surface area contributed by atoms with E-state index in [0.717, 1.165) is 18.8 Å². The summed E-state index contributed by atoms with van der Waals surface area (Å²) in [6, 6.07) is 0.491. The van der Waals surface area contributed by atoms with Crippen LogP contribution >= 0.6 is 0 Å². The number of carbonyl (C=O) groups excluding carboxylic acids is 1. The van der Waals surface area contributed by atoms with E-state index in [9.17, 15) is 4.79 Å². The van der Waals surface area contributed by atoms with E-state index in [4.69, 9.17) is 0 Å². The van der Waals surface area contributed by atoms with Crippen molar-refractivity contribution in [2.24, 2.45) is 17.8 Å². The lowest BCUT2D eigenvalue weighted by molar-refractivity contribution is -0.135. The van der Waals surface area contributed by atoms with E-state index >= 15 is 0 Å². The summed E-state index contributed by atoms with van der Waals surface area (Å²) in [7, 11) is 0. The highest BCUT2D eigenvalue weighted by molar-refractivity contribution is 5.84. The third-order valence-electron chi connectivity index (χ3n) is 5.45. The highest BCUT2D eigenvalue weighted by Crippen LogP contribution is 2.36. The van der Waals surface area contributed by atoms with Crippen LogP contribution in [0.3, 0.4) is 0 Å². The van der Waals surface area contributed by atoms with Crippen molar-refractivity contribution in [3.05, 3.63) is 0 Å². The Balaban J connectivity index is 2.19. The van der Waals surface area contributed by atoms with Gasteiger partial charge < -0.3 is 4.90 Å². The fourth-order valence-electron chi connectivity index (χ4n) is 4.00. The Hall–Kier alpha value is -0.570. The molecule has 3 nitrogen and oxygen atoms in total. The van der Waals surface area contributed by atoms with Crippen LogP contribution in [0.25, 0.3) is 0 Å². The van der Waals surface area contributed by atoms with Crippen molar-refractivity contribution in [1.29, 1.82) is 0 Å². The second-order valence-electron chi connectivity index (χ2n) is 7.28. The minimum absolute atomic E-state index is 0.0526. The van der Waals surface area contributed by atoms with Crippen molar-refractivity contribution < 1.29 is 4.79 Å². The van der Waals surface area contributed by atoms with Gasteiger partial charge >= 0.3 is 0 Å². The van der Waals surface area contributed by atoms with Gasteiger partial charge in [-0.2, -0.15) is 0 Å². The van der Waals surface area contributed by atoms with E-state index < -0.39 is 0 Å². The Morgan fingerprint density at radius 1 is 1.30 bits per heavy atom.